The Labute approximate surface area is 107 Å². The van der Waals surface area contributed by atoms with Gasteiger partial charge < -0.3 is 9.64 Å². The van der Waals surface area contributed by atoms with Crippen molar-refractivity contribution in [1.29, 1.82) is 0 Å². The average molecular weight is 282 g/mol. The standard InChI is InChI=1S/C10H11ClF3N3O/c11-5-7-6-17(3-4-18-7)9-15-2-1-8(16-9)10(12,13)14/h1-2,7H,3-6H2. The number of hydrogen-bond acceptors (Lipinski definition) is 4. The fourth-order valence-corrected chi connectivity index (χ4v) is 1.84. The van der Waals surface area contributed by atoms with Crippen LogP contribution in [0.1, 0.15) is 5.69 Å². The molecule has 0 aromatic carbocycles. The Morgan fingerprint density at radius 1 is 1.50 bits per heavy atom. The number of nitrogens with zero attached hydrogens (tertiary/aromatic N) is 3. The zero-order chi connectivity index (χ0) is 13.2. The molecule has 0 amide bonds. The molecule has 1 atom stereocenters. The maximum atomic E-state index is 12.5. The summed E-state index contributed by atoms with van der Waals surface area (Å²) in [6.45, 7) is 1.25. The first-order valence-electron chi connectivity index (χ1n) is 5.33. The molecule has 18 heavy (non-hydrogen) atoms. The van der Waals surface area contributed by atoms with Gasteiger partial charge in [0.15, 0.2) is 0 Å². The van der Waals surface area contributed by atoms with E-state index in [9.17, 15) is 13.2 Å². The van der Waals surface area contributed by atoms with E-state index < -0.39 is 11.9 Å². The lowest BCUT2D eigenvalue weighted by Gasteiger charge is -2.32. The van der Waals surface area contributed by atoms with Crippen LogP contribution in [0.2, 0.25) is 0 Å². The molecule has 2 heterocycles. The van der Waals surface area contributed by atoms with Crippen LogP contribution in [0.4, 0.5) is 19.1 Å². The van der Waals surface area contributed by atoms with Crippen LogP contribution in [0.15, 0.2) is 12.3 Å². The minimum absolute atomic E-state index is 0.0586. The fraction of sp³-hybridized carbons (Fsp3) is 0.600. The smallest absolute Gasteiger partial charge is 0.373 e. The van der Waals surface area contributed by atoms with Gasteiger partial charge in [-0.15, -0.1) is 11.6 Å². The van der Waals surface area contributed by atoms with E-state index in [2.05, 4.69) is 9.97 Å². The summed E-state index contributed by atoms with van der Waals surface area (Å²) in [7, 11) is 0. The first-order valence-corrected chi connectivity index (χ1v) is 5.87. The molecule has 0 spiro atoms. The average Bonchev–Trinajstić information content (AvgIpc) is 2.38. The number of anilines is 1. The van der Waals surface area contributed by atoms with Gasteiger partial charge in [-0.25, -0.2) is 9.97 Å². The van der Waals surface area contributed by atoms with Crippen molar-refractivity contribution >= 4 is 17.5 Å². The maximum absolute atomic E-state index is 12.5. The number of hydrogen-bond donors (Lipinski definition) is 0. The minimum atomic E-state index is -4.46. The summed E-state index contributed by atoms with van der Waals surface area (Å²) in [6, 6.07) is 0.850. The second-order valence-electron chi connectivity index (χ2n) is 3.83. The zero-order valence-electron chi connectivity index (χ0n) is 9.32. The van der Waals surface area contributed by atoms with Gasteiger partial charge in [0, 0.05) is 19.3 Å². The van der Waals surface area contributed by atoms with Crippen molar-refractivity contribution < 1.29 is 17.9 Å². The van der Waals surface area contributed by atoms with Gasteiger partial charge in [-0.1, -0.05) is 0 Å². The molecule has 0 saturated carbocycles. The van der Waals surface area contributed by atoms with Crippen LogP contribution < -0.4 is 4.90 Å². The molecule has 4 nitrogen and oxygen atoms in total. The highest BCUT2D eigenvalue weighted by Gasteiger charge is 2.33. The van der Waals surface area contributed by atoms with Crippen molar-refractivity contribution in [3.63, 3.8) is 0 Å². The lowest BCUT2D eigenvalue weighted by atomic mass is 10.3. The van der Waals surface area contributed by atoms with E-state index in [0.717, 1.165) is 12.3 Å². The van der Waals surface area contributed by atoms with E-state index in [1.165, 1.54) is 0 Å². The van der Waals surface area contributed by atoms with E-state index in [-0.39, 0.29) is 17.9 Å². The van der Waals surface area contributed by atoms with E-state index in [4.69, 9.17) is 16.3 Å². The van der Waals surface area contributed by atoms with Crippen molar-refractivity contribution in [2.24, 2.45) is 0 Å². The lowest BCUT2D eigenvalue weighted by molar-refractivity contribution is -0.141. The van der Waals surface area contributed by atoms with Gasteiger partial charge in [0.2, 0.25) is 5.95 Å². The van der Waals surface area contributed by atoms with Gasteiger partial charge in [-0.2, -0.15) is 13.2 Å². The predicted molar refractivity (Wildman–Crippen MR) is 59.7 cm³/mol. The first-order chi connectivity index (χ1) is 8.50. The summed E-state index contributed by atoms with van der Waals surface area (Å²) in [6.07, 6.45) is -3.56. The number of halogens is 4. The second-order valence-corrected chi connectivity index (χ2v) is 4.14. The highest BCUT2D eigenvalue weighted by atomic mass is 35.5. The van der Waals surface area contributed by atoms with Crippen LogP contribution in [0, 0.1) is 0 Å². The molecule has 0 bridgehead atoms. The molecule has 0 radical (unpaired) electrons. The molecule has 100 valence electrons. The molecule has 1 aromatic heterocycles. The Balaban J connectivity index is 2.18. The normalized spacial score (nSPS) is 21.1. The number of alkyl halides is 4. The third-order valence-corrected chi connectivity index (χ3v) is 2.87. The summed E-state index contributed by atoms with van der Waals surface area (Å²) in [5, 5.41) is 0. The Kier molecular flexibility index (Phi) is 3.91. The SMILES string of the molecule is FC(F)(F)c1ccnc(N2CCOC(CCl)C2)n1. The van der Waals surface area contributed by atoms with E-state index >= 15 is 0 Å². The number of morpholine rings is 1. The second kappa shape index (κ2) is 5.27. The number of aromatic nitrogens is 2. The highest BCUT2D eigenvalue weighted by Crippen LogP contribution is 2.28. The maximum Gasteiger partial charge on any atom is 0.433 e. The van der Waals surface area contributed by atoms with Crippen molar-refractivity contribution in [3.05, 3.63) is 18.0 Å². The summed E-state index contributed by atoms with van der Waals surface area (Å²) < 4.78 is 42.9. The van der Waals surface area contributed by atoms with Crippen LogP contribution in [0.25, 0.3) is 0 Å². The van der Waals surface area contributed by atoms with Crippen LogP contribution in [-0.4, -0.2) is 41.6 Å². The van der Waals surface area contributed by atoms with Crippen molar-refractivity contribution in [1.82, 2.24) is 9.97 Å². The van der Waals surface area contributed by atoms with Crippen LogP contribution in [0.3, 0.4) is 0 Å². The zero-order valence-corrected chi connectivity index (χ0v) is 10.1. The van der Waals surface area contributed by atoms with Gasteiger partial charge in [0.25, 0.3) is 0 Å². The van der Waals surface area contributed by atoms with Crippen LogP contribution in [-0.2, 0) is 10.9 Å². The third kappa shape index (κ3) is 3.02. The number of ether oxygens (including phenoxy) is 1. The topological polar surface area (TPSA) is 38.2 Å². The molecule has 1 aliphatic heterocycles. The summed E-state index contributed by atoms with van der Waals surface area (Å²) >= 11 is 5.66. The quantitative estimate of drug-likeness (QED) is 0.777. The highest BCUT2D eigenvalue weighted by molar-refractivity contribution is 6.18. The van der Waals surface area contributed by atoms with Gasteiger partial charge in [-0.05, 0) is 6.07 Å². The summed E-state index contributed by atoms with van der Waals surface area (Å²) in [4.78, 5) is 9.03. The molecule has 1 unspecified atom stereocenters. The fourth-order valence-electron chi connectivity index (χ4n) is 1.65. The largest absolute Gasteiger partial charge is 0.433 e. The molecular formula is C10H11ClF3N3O. The lowest BCUT2D eigenvalue weighted by Crippen LogP contribution is -2.44. The van der Waals surface area contributed by atoms with E-state index in [1.54, 1.807) is 4.90 Å². The first kappa shape index (κ1) is 13.4. The Hall–Kier alpha value is -1.08. The van der Waals surface area contributed by atoms with Crippen molar-refractivity contribution in [3.8, 4) is 0 Å². The van der Waals surface area contributed by atoms with Crippen LogP contribution in [0.5, 0.6) is 0 Å². The van der Waals surface area contributed by atoms with E-state index in [0.29, 0.717) is 19.7 Å². The van der Waals surface area contributed by atoms with Crippen molar-refractivity contribution in [2.45, 2.75) is 12.3 Å². The Morgan fingerprint density at radius 3 is 2.94 bits per heavy atom. The molecular weight excluding hydrogens is 271 g/mol. The van der Waals surface area contributed by atoms with E-state index in [1.807, 2.05) is 0 Å². The molecule has 1 aliphatic rings. The van der Waals surface area contributed by atoms with Gasteiger partial charge in [-0.3, -0.25) is 0 Å². The van der Waals surface area contributed by atoms with Crippen LogP contribution >= 0.6 is 11.6 Å². The predicted octanol–water partition coefficient (Wildman–Crippen LogP) is 1.94. The molecule has 2 rings (SSSR count). The third-order valence-electron chi connectivity index (χ3n) is 2.53. The molecule has 1 aromatic rings. The summed E-state index contributed by atoms with van der Waals surface area (Å²) in [5.74, 6) is 0.346. The molecule has 0 aliphatic carbocycles. The monoisotopic (exact) mass is 281 g/mol. The Bertz CT molecular complexity index is 416. The van der Waals surface area contributed by atoms with Gasteiger partial charge in [0.1, 0.15) is 5.69 Å². The summed E-state index contributed by atoms with van der Waals surface area (Å²) in [5.41, 5.74) is -0.943. The Morgan fingerprint density at radius 2 is 2.28 bits per heavy atom. The molecule has 1 saturated heterocycles. The van der Waals surface area contributed by atoms with Gasteiger partial charge >= 0.3 is 6.18 Å². The molecule has 1 fully saturated rings. The molecule has 8 heteroatoms. The van der Waals surface area contributed by atoms with Crippen molar-refractivity contribution in [2.75, 3.05) is 30.5 Å². The minimum Gasteiger partial charge on any atom is -0.373 e. The number of rotatable bonds is 2. The molecule has 0 N–H and O–H groups in total. The van der Waals surface area contributed by atoms with Gasteiger partial charge in [0.05, 0.1) is 18.6 Å².